The highest BCUT2D eigenvalue weighted by Gasteiger charge is 2.42. The molecule has 1 spiro atoms. The van der Waals surface area contributed by atoms with E-state index in [-0.39, 0.29) is 17.5 Å². The number of rotatable bonds is 4. The predicted octanol–water partition coefficient (Wildman–Crippen LogP) is 4.30. The number of guanidine groups is 2. The number of carboxylic acid groups (broad SMARTS) is 1. The van der Waals surface area contributed by atoms with Crippen molar-refractivity contribution in [3.05, 3.63) is 53.1 Å². The smallest absolute Gasteiger partial charge is 0.336 e. The fourth-order valence-corrected chi connectivity index (χ4v) is 5.08. The zero-order chi connectivity index (χ0) is 21.3. The average molecular weight is 444 g/mol. The maximum Gasteiger partial charge on any atom is 0.336 e. The van der Waals surface area contributed by atoms with Gasteiger partial charge in [-0.2, -0.15) is 4.99 Å². The van der Waals surface area contributed by atoms with Gasteiger partial charge < -0.3 is 16.6 Å². The summed E-state index contributed by atoms with van der Waals surface area (Å²) >= 11 is 7.31. The molecule has 9 heteroatoms. The van der Waals surface area contributed by atoms with Gasteiger partial charge in [-0.1, -0.05) is 29.8 Å². The Balaban J connectivity index is 1.73. The summed E-state index contributed by atoms with van der Waals surface area (Å²) in [6, 6.07) is 12.6. The Morgan fingerprint density at radius 1 is 1.10 bits per heavy atom. The zero-order valence-electron chi connectivity index (χ0n) is 16.2. The second kappa shape index (κ2) is 8.20. The van der Waals surface area contributed by atoms with Crippen LogP contribution in [0.5, 0.6) is 0 Å². The topological polar surface area (TPSA) is 117 Å². The Kier molecular flexibility index (Phi) is 5.62. The van der Waals surface area contributed by atoms with E-state index >= 15 is 0 Å². The van der Waals surface area contributed by atoms with E-state index in [2.05, 4.69) is 9.98 Å². The largest absolute Gasteiger partial charge is 0.478 e. The fourth-order valence-electron chi connectivity index (χ4n) is 4.04. The quantitative estimate of drug-likeness (QED) is 0.648. The van der Waals surface area contributed by atoms with Crippen LogP contribution >= 0.6 is 23.4 Å². The predicted molar refractivity (Wildman–Crippen MR) is 121 cm³/mol. The number of benzene rings is 2. The van der Waals surface area contributed by atoms with Gasteiger partial charge in [-0.15, -0.1) is 0 Å². The van der Waals surface area contributed by atoms with Crippen LogP contribution in [0.15, 0.2) is 62.2 Å². The molecule has 1 fully saturated rings. The average Bonchev–Trinajstić information content (AvgIpc) is 2.70. The van der Waals surface area contributed by atoms with Gasteiger partial charge in [0.15, 0.2) is 0 Å². The lowest BCUT2D eigenvalue weighted by atomic mass is 9.87. The van der Waals surface area contributed by atoms with Crippen LogP contribution in [0.25, 0.3) is 0 Å². The van der Waals surface area contributed by atoms with Crippen molar-refractivity contribution in [1.82, 2.24) is 0 Å². The van der Waals surface area contributed by atoms with Gasteiger partial charge in [0.2, 0.25) is 11.9 Å². The molecule has 0 amide bonds. The van der Waals surface area contributed by atoms with Crippen molar-refractivity contribution < 1.29 is 9.90 Å². The molecular weight excluding hydrogens is 422 g/mol. The van der Waals surface area contributed by atoms with Gasteiger partial charge >= 0.3 is 5.97 Å². The number of anilines is 1. The van der Waals surface area contributed by atoms with E-state index in [1.807, 2.05) is 23.1 Å². The van der Waals surface area contributed by atoms with Crippen molar-refractivity contribution in [3.8, 4) is 0 Å². The molecule has 1 saturated carbocycles. The first kappa shape index (κ1) is 20.6. The van der Waals surface area contributed by atoms with E-state index in [0.29, 0.717) is 15.6 Å². The van der Waals surface area contributed by atoms with Crippen molar-refractivity contribution in [2.24, 2.45) is 21.5 Å². The van der Waals surface area contributed by atoms with Crippen LogP contribution in [-0.2, 0) is 0 Å². The van der Waals surface area contributed by atoms with E-state index in [4.69, 9.17) is 23.1 Å². The minimum absolute atomic E-state index is 0.166. The van der Waals surface area contributed by atoms with Gasteiger partial charge in [0, 0.05) is 20.5 Å². The van der Waals surface area contributed by atoms with Gasteiger partial charge in [-0.05, 0) is 68.1 Å². The maximum absolute atomic E-state index is 12.0. The van der Waals surface area contributed by atoms with E-state index in [1.54, 1.807) is 24.3 Å². The molecule has 2 aromatic rings. The molecule has 5 N–H and O–H groups in total. The molecule has 0 atom stereocenters. The van der Waals surface area contributed by atoms with Crippen molar-refractivity contribution in [2.45, 2.75) is 47.6 Å². The molecule has 156 valence electrons. The summed E-state index contributed by atoms with van der Waals surface area (Å²) in [5, 5.41) is 10.5. The van der Waals surface area contributed by atoms with Gasteiger partial charge in [0.05, 0.1) is 5.56 Å². The normalized spacial score (nSPS) is 18.1. The number of nitrogens with zero attached hydrogens (tertiary/aromatic N) is 3. The van der Waals surface area contributed by atoms with Crippen LogP contribution in [0.1, 0.15) is 42.5 Å². The first-order valence-electron chi connectivity index (χ1n) is 9.68. The third-order valence-electron chi connectivity index (χ3n) is 5.34. The lowest BCUT2D eigenvalue weighted by molar-refractivity contribution is 0.0693. The molecule has 0 aromatic heterocycles. The van der Waals surface area contributed by atoms with Crippen molar-refractivity contribution in [3.63, 3.8) is 0 Å². The molecule has 2 aliphatic rings. The molecule has 0 saturated heterocycles. The minimum atomic E-state index is -1.01. The second-order valence-corrected chi connectivity index (χ2v) is 8.91. The van der Waals surface area contributed by atoms with Crippen LogP contribution < -0.4 is 16.4 Å². The van der Waals surface area contributed by atoms with Crippen molar-refractivity contribution in [2.75, 3.05) is 4.90 Å². The number of hydrogen-bond donors (Lipinski definition) is 3. The van der Waals surface area contributed by atoms with Crippen molar-refractivity contribution >= 4 is 46.9 Å². The first-order valence-corrected chi connectivity index (χ1v) is 10.9. The molecule has 0 radical (unpaired) electrons. The number of aliphatic imine (C=N–C) groups is 2. The summed E-state index contributed by atoms with van der Waals surface area (Å²) < 4.78 is 0. The maximum atomic E-state index is 12.0. The number of hydrogen-bond acceptors (Lipinski definition) is 7. The standard InChI is InChI=1S/C21H22ClN5O2S/c22-13-4-7-15(8-5-13)30-17-9-6-14(12-16(17)18(28)29)27-20(24)25-19(23)26-21(27)10-2-1-3-11-21/h4-9,12H,1-3,10-11H2,(H,28,29)(H4,23,24,25,26). The zero-order valence-corrected chi connectivity index (χ0v) is 17.8. The molecule has 1 aliphatic carbocycles. The van der Waals surface area contributed by atoms with E-state index in [9.17, 15) is 9.90 Å². The third kappa shape index (κ3) is 3.97. The lowest BCUT2D eigenvalue weighted by Crippen LogP contribution is -2.58. The fraction of sp³-hybridized carbons (Fsp3) is 0.286. The number of halogens is 1. The molecule has 1 aliphatic heterocycles. The van der Waals surface area contributed by atoms with Crippen LogP contribution in [-0.4, -0.2) is 28.7 Å². The molecule has 7 nitrogen and oxygen atoms in total. The highest BCUT2D eigenvalue weighted by Crippen LogP contribution is 2.41. The van der Waals surface area contributed by atoms with E-state index in [0.717, 1.165) is 37.0 Å². The molecule has 0 bridgehead atoms. The highest BCUT2D eigenvalue weighted by atomic mass is 35.5. The molecule has 30 heavy (non-hydrogen) atoms. The summed E-state index contributed by atoms with van der Waals surface area (Å²) in [5.74, 6) is -0.612. The second-order valence-electron chi connectivity index (χ2n) is 7.36. The number of nitrogens with two attached hydrogens (primary N) is 2. The minimum Gasteiger partial charge on any atom is -0.478 e. The SMILES string of the molecule is NC1=NC2(CCCCC2)N(c2ccc(Sc3ccc(Cl)cc3)c(C(=O)O)c2)C(N)=N1. The van der Waals surface area contributed by atoms with Gasteiger partial charge in [0.25, 0.3) is 0 Å². The van der Waals surface area contributed by atoms with Crippen LogP contribution in [0.2, 0.25) is 5.02 Å². The number of carbonyl (C=O) groups is 1. The Morgan fingerprint density at radius 2 is 1.80 bits per heavy atom. The third-order valence-corrected chi connectivity index (χ3v) is 6.68. The van der Waals surface area contributed by atoms with Crippen molar-refractivity contribution in [1.29, 1.82) is 0 Å². The molecule has 2 aromatic carbocycles. The highest BCUT2D eigenvalue weighted by molar-refractivity contribution is 7.99. The molecule has 4 rings (SSSR count). The number of carboxylic acids is 1. The Hall–Kier alpha value is -2.71. The molecule has 1 heterocycles. The van der Waals surface area contributed by atoms with Crippen LogP contribution in [0.3, 0.4) is 0 Å². The number of aromatic carboxylic acids is 1. The summed E-state index contributed by atoms with van der Waals surface area (Å²) in [5.41, 5.74) is 12.4. The van der Waals surface area contributed by atoms with Crippen LogP contribution in [0, 0.1) is 0 Å². The van der Waals surface area contributed by atoms with E-state index in [1.165, 1.54) is 11.8 Å². The first-order chi connectivity index (χ1) is 14.4. The Bertz CT molecular complexity index is 1030. The van der Waals surface area contributed by atoms with Crippen LogP contribution in [0.4, 0.5) is 5.69 Å². The van der Waals surface area contributed by atoms with Gasteiger partial charge in [0.1, 0.15) is 5.66 Å². The van der Waals surface area contributed by atoms with E-state index < -0.39 is 11.6 Å². The Morgan fingerprint density at radius 3 is 2.47 bits per heavy atom. The van der Waals surface area contributed by atoms with Gasteiger partial charge in [-0.3, -0.25) is 4.90 Å². The summed E-state index contributed by atoms with van der Waals surface area (Å²) in [6.45, 7) is 0. The van der Waals surface area contributed by atoms with Gasteiger partial charge in [-0.25, -0.2) is 9.79 Å². The Labute approximate surface area is 183 Å². The lowest BCUT2D eigenvalue weighted by Gasteiger charge is -2.45. The molecule has 0 unspecified atom stereocenters. The summed E-state index contributed by atoms with van der Waals surface area (Å²) in [4.78, 5) is 24.2. The monoisotopic (exact) mass is 443 g/mol. The summed E-state index contributed by atoms with van der Waals surface area (Å²) in [6.07, 6.45) is 4.69. The summed E-state index contributed by atoms with van der Waals surface area (Å²) in [7, 11) is 0. The molecular formula is C21H22ClN5O2S.